The number of benzene rings is 1. The second kappa shape index (κ2) is 10.4. The topological polar surface area (TPSA) is 118 Å². The number of H-pyrrole nitrogens is 1. The molecule has 0 fully saturated rings. The van der Waals surface area contributed by atoms with Gasteiger partial charge >= 0.3 is 12.4 Å². The van der Waals surface area contributed by atoms with Gasteiger partial charge in [-0.2, -0.15) is 31.4 Å². The van der Waals surface area contributed by atoms with Crippen LogP contribution in [0.4, 0.5) is 36.4 Å². The lowest BCUT2D eigenvalue weighted by molar-refractivity contribution is -0.139. The van der Waals surface area contributed by atoms with E-state index in [9.17, 15) is 40.3 Å². The monoisotopic (exact) mass is 557 g/mol. The van der Waals surface area contributed by atoms with Gasteiger partial charge in [0.2, 0.25) is 0 Å². The van der Waals surface area contributed by atoms with E-state index in [0.717, 1.165) is 18.3 Å². The third-order valence-electron chi connectivity index (χ3n) is 5.71. The number of fused-ring (bicyclic) bond motifs is 1. The van der Waals surface area contributed by atoms with Gasteiger partial charge in [0.15, 0.2) is 5.82 Å². The third-order valence-corrected chi connectivity index (χ3v) is 5.71. The molecule has 206 valence electrons. The van der Waals surface area contributed by atoms with Crippen molar-refractivity contribution in [3.8, 4) is 11.4 Å². The highest BCUT2D eigenvalue weighted by molar-refractivity contribution is 5.82. The van der Waals surface area contributed by atoms with E-state index < -0.39 is 52.1 Å². The number of anilines is 1. The zero-order valence-electron chi connectivity index (χ0n) is 19.9. The molecule has 0 aliphatic rings. The molecule has 4 rings (SSSR count). The van der Waals surface area contributed by atoms with Crippen molar-refractivity contribution in [1.29, 1.82) is 0 Å². The summed E-state index contributed by atoms with van der Waals surface area (Å²) in [7, 11) is 0. The van der Waals surface area contributed by atoms with E-state index in [2.05, 4.69) is 25.4 Å². The Morgan fingerprint density at radius 2 is 1.69 bits per heavy atom. The van der Waals surface area contributed by atoms with E-state index in [4.69, 9.17) is 0 Å². The van der Waals surface area contributed by atoms with Crippen LogP contribution in [-0.2, 0) is 18.9 Å². The largest absolute Gasteiger partial charge is 0.423 e. The van der Waals surface area contributed by atoms with Crippen LogP contribution in [0.2, 0.25) is 0 Å². The summed E-state index contributed by atoms with van der Waals surface area (Å²) in [6, 6.07) is 1.50. The van der Waals surface area contributed by atoms with Crippen LogP contribution in [0.15, 0.2) is 46.6 Å². The standard InChI is InChI=1S/C23H18F7N7O2/c1-11(35-17-9-34-36-20(38)18(17)23(28,29)30)3-2-4-37-10-33-16-6-13(15(24)5-14(16)21(37)39)19-31-7-12(8-32-19)22(25,26)27/h5-11H,2-4H2,1H3,(H2,35,36,38). The van der Waals surface area contributed by atoms with Crippen molar-refractivity contribution < 1.29 is 30.7 Å². The number of rotatable bonds is 7. The first-order valence-electron chi connectivity index (χ1n) is 11.3. The summed E-state index contributed by atoms with van der Waals surface area (Å²) >= 11 is 0. The first-order valence-corrected chi connectivity index (χ1v) is 11.3. The molecule has 39 heavy (non-hydrogen) atoms. The first-order chi connectivity index (χ1) is 18.3. The quantitative estimate of drug-likeness (QED) is 0.324. The van der Waals surface area contributed by atoms with Crippen molar-refractivity contribution in [1.82, 2.24) is 29.7 Å². The summed E-state index contributed by atoms with van der Waals surface area (Å²) in [5.74, 6) is -1.26. The van der Waals surface area contributed by atoms with Gasteiger partial charge in [0.1, 0.15) is 11.4 Å². The summed E-state index contributed by atoms with van der Waals surface area (Å²) < 4.78 is 93.8. The smallest absolute Gasteiger partial charge is 0.381 e. The van der Waals surface area contributed by atoms with E-state index in [1.807, 2.05) is 0 Å². The summed E-state index contributed by atoms with van der Waals surface area (Å²) in [4.78, 5) is 35.7. The van der Waals surface area contributed by atoms with E-state index in [1.165, 1.54) is 10.9 Å². The van der Waals surface area contributed by atoms with Gasteiger partial charge in [0.25, 0.3) is 11.1 Å². The van der Waals surface area contributed by atoms with Crippen LogP contribution >= 0.6 is 0 Å². The highest BCUT2D eigenvalue weighted by Gasteiger charge is 2.37. The molecule has 3 aromatic heterocycles. The first kappa shape index (κ1) is 27.7. The molecule has 9 nitrogen and oxygen atoms in total. The Morgan fingerprint density at radius 3 is 2.33 bits per heavy atom. The Kier molecular flexibility index (Phi) is 7.39. The second-order valence-electron chi connectivity index (χ2n) is 8.56. The fourth-order valence-electron chi connectivity index (χ4n) is 3.82. The third kappa shape index (κ3) is 6.04. The molecule has 0 saturated heterocycles. The summed E-state index contributed by atoms with van der Waals surface area (Å²) in [6.45, 7) is 1.68. The number of aryl methyl sites for hydroxylation is 1. The molecule has 0 bridgehead atoms. The Balaban J connectivity index is 1.47. The van der Waals surface area contributed by atoms with Crippen molar-refractivity contribution in [2.24, 2.45) is 0 Å². The number of nitrogens with zero attached hydrogens (tertiary/aromatic N) is 5. The van der Waals surface area contributed by atoms with Gasteiger partial charge in [-0.25, -0.2) is 24.4 Å². The number of hydrogen-bond acceptors (Lipinski definition) is 7. The van der Waals surface area contributed by atoms with Gasteiger partial charge < -0.3 is 5.32 Å². The van der Waals surface area contributed by atoms with Crippen LogP contribution in [0.5, 0.6) is 0 Å². The predicted molar refractivity (Wildman–Crippen MR) is 124 cm³/mol. The molecule has 0 spiro atoms. The summed E-state index contributed by atoms with van der Waals surface area (Å²) in [6.07, 6.45) is -5.88. The van der Waals surface area contributed by atoms with Gasteiger partial charge in [0.05, 0.1) is 40.2 Å². The maximum absolute atomic E-state index is 14.8. The van der Waals surface area contributed by atoms with Crippen LogP contribution in [0.3, 0.4) is 0 Å². The second-order valence-corrected chi connectivity index (χ2v) is 8.56. The average Bonchev–Trinajstić information content (AvgIpc) is 2.84. The molecule has 0 amide bonds. The maximum Gasteiger partial charge on any atom is 0.423 e. The fourth-order valence-corrected chi connectivity index (χ4v) is 3.82. The van der Waals surface area contributed by atoms with Crippen LogP contribution in [0, 0.1) is 5.82 Å². The lowest BCUT2D eigenvalue weighted by Crippen LogP contribution is -2.27. The van der Waals surface area contributed by atoms with Gasteiger partial charge in [-0.3, -0.25) is 14.2 Å². The number of halogens is 7. The van der Waals surface area contributed by atoms with Gasteiger partial charge in [-0.15, -0.1) is 0 Å². The van der Waals surface area contributed by atoms with Crippen LogP contribution in [-0.4, -0.2) is 35.8 Å². The Bertz CT molecular complexity index is 1610. The molecule has 16 heteroatoms. The van der Waals surface area contributed by atoms with Gasteiger partial charge in [0, 0.05) is 25.0 Å². The van der Waals surface area contributed by atoms with Crippen molar-refractivity contribution in [3.05, 3.63) is 74.7 Å². The van der Waals surface area contributed by atoms with Crippen molar-refractivity contribution >= 4 is 16.6 Å². The van der Waals surface area contributed by atoms with Crippen molar-refractivity contribution in [2.45, 2.75) is 44.7 Å². The zero-order chi connectivity index (χ0) is 28.5. The molecule has 0 saturated carbocycles. The number of hydrogen-bond donors (Lipinski definition) is 2. The van der Waals surface area contributed by atoms with E-state index in [1.54, 1.807) is 12.0 Å². The molecular formula is C23H18F7N7O2. The average molecular weight is 557 g/mol. The predicted octanol–water partition coefficient (Wildman–Crippen LogP) is 4.39. The molecule has 2 N–H and O–H groups in total. The van der Waals surface area contributed by atoms with E-state index in [-0.39, 0.29) is 35.3 Å². The SMILES string of the molecule is CC(CCCn1cnc2cc(-c3ncc(C(F)(F)F)cn3)c(F)cc2c1=O)Nc1cn[nH]c(=O)c1C(F)(F)F. The fraction of sp³-hybridized carbons (Fsp3) is 0.304. The van der Waals surface area contributed by atoms with Gasteiger partial charge in [-0.05, 0) is 31.9 Å². The van der Waals surface area contributed by atoms with Crippen LogP contribution in [0.1, 0.15) is 30.9 Å². The minimum absolute atomic E-state index is 0.0627. The maximum atomic E-state index is 14.8. The van der Waals surface area contributed by atoms with E-state index >= 15 is 0 Å². The summed E-state index contributed by atoms with van der Waals surface area (Å²) in [5.41, 5.74) is -5.14. The molecule has 0 aliphatic heterocycles. The number of aromatic amines is 1. The van der Waals surface area contributed by atoms with Crippen LogP contribution in [0.25, 0.3) is 22.3 Å². The molecule has 1 aromatic carbocycles. The minimum atomic E-state index is -4.89. The summed E-state index contributed by atoms with van der Waals surface area (Å²) in [5, 5.41) is 7.64. The molecule has 0 radical (unpaired) electrons. The molecule has 4 aromatic rings. The number of alkyl halides is 6. The Morgan fingerprint density at radius 1 is 1.00 bits per heavy atom. The number of nitrogens with one attached hydrogen (secondary N) is 2. The molecule has 1 atom stereocenters. The molecular weight excluding hydrogens is 539 g/mol. The van der Waals surface area contributed by atoms with Crippen molar-refractivity contribution in [3.63, 3.8) is 0 Å². The molecule has 3 heterocycles. The number of aromatic nitrogens is 6. The zero-order valence-corrected chi connectivity index (χ0v) is 19.9. The highest BCUT2D eigenvalue weighted by Crippen LogP contribution is 2.32. The highest BCUT2D eigenvalue weighted by atomic mass is 19.4. The van der Waals surface area contributed by atoms with Crippen molar-refractivity contribution in [2.75, 3.05) is 5.32 Å². The van der Waals surface area contributed by atoms with E-state index in [0.29, 0.717) is 18.8 Å². The minimum Gasteiger partial charge on any atom is -0.381 e. The normalized spacial score (nSPS) is 13.0. The van der Waals surface area contributed by atoms with Crippen LogP contribution < -0.4 is 16.4 Å². The Labute approximate surface area is 213 Å². The lowest BCUT2D eigenvalue weighted by Gasteiger charge is -2.18. The van der Waals surface area contributed by atoms with Gasteiger partial charge in [-0.1, -0.05) is 0 Å². The molecule has 0 aliphatic carbocycles. The lowest BCUT2D eigenvalue weighted by atomic mass is 10.1. The Hall–Kier alpha value is -4.37. The molecule has 1 unspecified atom stereocenters.